The molecule has 2 aromatic heterocycles. The molecule has 0 unspecified atom stereocenters. The molecular formula is C14H13BrN4O2S. The summed E-state index contributed by atoms with van der Waals surface area (Å²) >= 11 is 4.80. The summed E-state index contributed by atoms with van der Waals surface area (Å²) < 4.78 is 7.61. The Hall–Kier alpha value is -1.67. The summed E-state index contributed by atoms with van der Waals surface area (Å²) in [5, 5.41) is 5.01. The van der Waals surface area contributed by atoms with Gasteiger partial charge in [-0.15, -0.1) is 0 Å². The molecule has 0 saturated heterocycles. The van der Waals surface area contributed by atoms with Gasteiger partial charge in [0.25, 0.3) is 5.56 Å². The molecule has 1 aromatic carbocycles. The van der Waals surface area contributed by atoms with E-state index in [4.69, 9.17) is 4.52 Å². The van der Waals surface area contributed by atoms with Crippen LogP contribution in [0, 0.1) is 6.92 Å². The van der Waals surface area contributed by atoms with Crippen LogP contribution in [0.5, 0.6) is 0 Å². The normalized spacial score (nSPS) is 11.2. The SMILES string of the molecule is CCn1c(SCc2nc(C)no2)nc2ccc(Br)cc2c1=O. The van der Waals surface area contributed by atoms with Crippen LogP contribution in [0.2, 0.25) is 0 Å². The Labute approximate surface area is 139 Å². The molecule has 6 nitrogen and oxygen atoms in total. The van der Waals surface area contributed by atoms with E-state index in [-0.39, 0.29) is 5.56 Å². The Kier molecular flexibility index (Phi) is 4.30. The highest BCUT2D eigenvalue weighted by Crippen LogP contribution is 2.23. The summed E-state index contributed by atoms with van der Waals surface area (Å²) in [6, 6.07) is 5.51. The summed E-state index contributed by atoms with van der Waals surface area (Å²) in [5.74, 6) is 1.60. The number of benzene rings is 1. The van der Waals surface area contributed by atoms with Gasteiger partial charge in [-0.25, -0.2) is 4.98 Å². The van der Waals surface area contributed by atoms with Crippen LogP contribution in [0.3, 0.4) is 0 Å². The molecule has 0 aliphatic carbocycles. The van der Waals surface area contributed by atoms with Gasteiger partial charge in [-0.1, -0.05) is 32.8 Å². The second kappa shape index (κ2) is 6.21. The second-order valence-electron chi connectivity index (χ2n) is 4.63. The van der Waals surface area contributed by atoms with Crippen LogP contribution in [0.15, 0.2) is 37.1 Å². The second-order valence-corrected chi connectivity index (χ2v) is 6.49. The van der Waals surface area contributed by atoms with Gasteiger partial charge in [0.15, 0.2) is 11.0 Å². The Morgan fingerprint density at radius 1 is 1.36 bits per heavy atom. The van der Waals surface area contributed by atoms with Crippen LogP contribution >= 0.6 is 27.7 Å². The summed E-state index contributed by atoms with van der Waals surface area (Å²) in [6.07, 6.45) is 0. The van der Waals surface area contributed by atoms with E-state index in [0.29, 0.717) is 40.1 Å². The zero-order chi connectivity index (χ0) is 15.7. The van der Waals surface area contributed by atoms with Gasteiger partial charge in [-0.3, -0.25) is 9.36 Å². The average Bonchev–Trinajstić information content (AvgIpc) is 2.91. The lowest BCUT2D eigenvalue weighted by molar-refractivity contribution is 0.387. The standard InChI is InChI=1S/C14H13BrN4O2S/c1-3-19-13(20)10-6-9(15)4-5-11(10)17-14(19)22-7-12-16-8(2)18-21-12/h4-6H,3,7H2,1-2H3. The lowest BCUT2D eigenvalue weighted by Gasteiger charge is -2.10. The zero-order valence-corrected chi connectivity index (χ0v) is 14.4. The van der Waals surface area contributed by atoms with Gasteiger partial charge in [-0.05, 0) is 32.0 Å². The van der Waals surface area contributed by atoms with E-state index >= 15 is 0 Å². The van der Waals surface area contributed by atoms with Crippen molar-refractivity contribution >= 4 is 38.6 Å². The Bertz CT molecular complexity index is 890. The van der Waals surface area contributed by atoms with Crippen molar-refractivity contribution in [2.75, 3.05) is 0 Å². The summed E-state index contributed by atoms with van der Waals surface area (Å²) in [6.45, 7) is 4.25. The summed E-state index contributed by atoms with van der Waals surface area (Å²) in [7, 11) is 0. The molecule has 8 heteroatoms. The monoisotopic (exact) mass is 380 g/mol. The van der Waals surface area contributed by atoms with E-state index < -0.39 is 0 Å². The maximum atomic E-state index is 12.6. The molecule has 0 saturated carbocycles. The van der Waals surface area contributed by atoms with Gasteiger partial charge in [-0.2, -0.15) is 4.98 Å². The van der Waals surface area contributed by atoms with Crippen molar-refractivity contribution in [3.05, 3.63) is 44.7 Å². The first-order chi connectivity index (χ1) is 10.6. The van der Waals surface area contributed by atoms with Gasteiger partial charge in [0.2, 0.25) is 5.89 Å². The van der Waals surface area contributed by atoms with Crippen molar-refractivity contribution in [1.82, 2.24) is 19.7 Å². The fraction of sp³-hybridized carbons (Fsp3) is 0.286. The number of aromatic nitrogens is 4. The Morgan fingerprint density at radius 3 is 2.86 bits per heavy atom. The number of hydrogen-bond acceptors (Lipinski definition) is 6. The molecule has 3 aromatic rings. The van der Waals surface area contributed by atoms with Gasteiger partial charge in [0.05, 0.1) is 16.7 Å². The third-order valence-electron chi connectivity index (χ3n) is 3.09. The van der Waals surface area contributed by atoms with Crippen molar-refractivity contribution in [1.29, 1.82) is 0 Å². The molecule has 0 radical (unpaired) electrons. The topological polar surface area (TPSA) is 73.8 Å². The van der Waals surface area contributed by atoms with Crippen molar-refractivity contribution in [3.8, 4) is 0 Å². The van der Waals surface area contributed by atoms with Gasteiger partial charge < -0.3 is 4.52 Å². The first kappa shape index (κ1) is 15.2. The van der Waals surface area contributed by atoms with Crippen LogP contribution in [-0.4, -0.2) is 19.7 Å². The fourth-order valence-electron chi connectivity index (χ4n) is 2.09. The molecular weight excluding hydrogens is 368 g/mol. The largest absolute Gasteiger partial charge is 0.338 e. The van der Waals surface area contributed by atoms with E-state index in [9.17, 15) is 4.79 Å². The van der Waals surface area contributed by atoms with Crippen LogP contribution in [0.4, 0.5) is 0 Å². The summed E-state index contributed by atoms with van der Waals surface area (Å²) in [5.41, 5.74) is 0.639. The highest BCUT2D eigenvalue weighted by molar-refractivity contribution is 9.10. The van der Waals surface area contributed by atoms with Gasteiger partial charge in [0.1, 0.15) is 0 Å². The summed E-state index contributed by atoms with van der Waals surface area (Å²) in [4.78, 5) is 21.3. The molecule has 0 amide bonds. The predicted molar refractivity (Wildman–Crippen MR) is 88.0 cm³/mol. The van der Waals surface area contributed by atoms with E-state index in [1.54, 1.807) is 17.6 Å². The number of fused-ring (bicyclic) bond motifs is 1. The molecule has 0 fully saturated rings. The molecule has 0 N–H and O–H groups in total. The fourth-order valence-corrected chi connectivity index (χ4v) is 3.35. The van der Waals surface area contributed by atoms with Gasteiger partial charge >= 0.3 is 0 Å². The average molecular weight is 381 g/mol. The zero-order valence-electron chi connectivity index (χ0n) is 12.0. The third kappa shape index (κ3) is 2.93. The lowest BCUT2D eigenvalue weighted by atomic mass is 10.2. The van der Waals surface area contributed by atoms with E-state index in [0.717, 1.165) is 4.47 Å². The van der Waals surface area contributed by atoms with Crippen molar-refractivity contribution < 1.29 is 4.52 Å². The van der Waals surface area contributed by atoms with Crippen LogP contribution < -0.4 is 5.56 Å². The van der Waals surface area contributed by atoms with Crippen molar-refractivity contribution in [2.45, 2.75) is 31.3 Å². The Morgan fingerprint density at radius 2 is 2.18 bits per heavy atom. The van der Waals surface area contributed by atoms with Gasteiger partial charge in [0, 0.05) is 11.0 Å². The number of hydrogen-bond donors (Lipinski definition) is 0. The predicted octanol–water partition coefficient (Wildman–Crippen LogP) is 3.16. The number of nitrogens with zero attached hydrogens (tertiary/aromatic N) is 4. The number of halogens is 1. The molecule has 0 atom stereocenters. The van der Waals surface area contributed by atoms with E-state index in [2.05, 4.69) is 31.1 Å². The van der Waals surface area contributed by atoms with Crippen LogP contribution in [0.25, 0.3) is 10.9 Å². The van der Waals surface area contributed by atoms with E-state index in [1.165, 1.54) is 11.8 Å². The molecule has 3 rings (SSSR count). The highest BCUT2D eigenvalue weighted by Gasteiger charge is 2.12. The Balaban J connectivity index is 2.01. The van der Waals surface area contributed by atoms with E-state index in [1.807, 2.05) is 19.1 Å². The number of rotatable bonds is 4. The third-order valence-corrected chi connectivity index (χ3v) is 4.55. The van der Waals surface area contributed by atoms with Crippen molar-refractivity contribution in [3.63, 3.8) is 0 Å². The first-order valence-corrected chi connectivity index (χ1v) is 8.48. The minimum atomic E-state index is -0.0435. The molecule has 0 spiro atoms. The molecule has 114 valence electrons. The minimum Gasteiger partial charge on any atom is -0.338 e. The quantitative estimate of drug-likeness (QED) is 0.511. The highest BCUT2D eigenvalue weighted by atomic mass is 79.9. The smallest absolute Gasteiger partial charge is 0.262 e. The first-order valence-electron chi connectivity index (χ1n) is 6.70. The number of thioether (sulfide) groups is 1. The molecule has 0 bridgehead atoms. The molecule has 0 aliphatic rings. The van der Waals surface area contributed by atoms with Crippen molar-refractivity contribution in [2.24, 2.45) is 0 Å². The van der Waals surface area contributed by atoms with Crippen LogP contribution in [-0.2, 0) is 12.3 Å². The molecule has 0 aliphatic heterocycles. The number of aryl methyl sites for hydroxylation is 1. The van der Waals surface area contributed by atoms with Crippen LogP contribution in [0.1, 0.15) is 18.6 Å². The molecule has 22 heavy (non-hydrogen) atoms. The maximum absolute atomic E-state index is 12.6. The lowest BCUT2D eigenvalue weighted by Crippen LogP contribution is -2.22. The molecule has 2 heterocycles. The minimum absolute atomic E-state index is 0.0435. The maximum Gasteiger partial charge on any atom is 0.262 e.